The summed E-state index contributed by atoms with van der Waals surface area (Å²) in [6.07, 6.45) is 1.01. The van der Waals surface area contributed by atoms with Crippen LogP contribution in [0.5, 0.6) is 0 Å². The number of hydrogen-bond donors (Lipinski definition) is 0. The second-order valence-electron chi connectivity index (χ2n) is 4.66. The molecule has 6 heteroatoms. The Morgan fingerprint density at radius 3 is 2.43 bits per heavy atom. The van der Waals surface area contributed by atoms with Crippen molar-refractivity contribution < 1.29 is 17.1 Å². The van der Waals surface area contributed by atoms with Gasteiger partial charge in [0.1, 0.15) is 4.90 Å². The van der Waals surface area contributed by atoms with Crippen molar-refractivity contribution in [1.82, 2.24) is 4.73 Å². The first-order valence-electron chi connectivity index (χ1n) is 6.24. The third-order valence-corrected chi connectivity index (χ3v) is 4.32. The van der Waals surface area contributed by atoms with Gasteiger partial charge >= 0.3 is 10.1 Å². The Hall–Kier alpha value is -2.34. The van der Waals surface area contributed by atoms with Crippen LogP contribution in [0.3, 0.4) is 0 Å². The SMILES string of the molecule is Cc1ccc(S(=O)(=O)On2cc(F)c3ccccc32)cc1. The molecular formula is C15H12FNO3S. The molecule has 0 amide bonds. The van der Waals surface area contributed by atoms with Crippen LogP contribution in [0.1, 0.15) is 5.56 Å². The zero-order chi connectivity index (χ0) is 15.0. The van der Waals surface area contributed by atoms with Crippen molar-refractivity contribution in [3.8, 4) is 0 Å². The lowest BCUT2D eigenvalue weighted by molar-refractivity contribution is 0.290. The molecule has 2 aromatic carbocycles. The molecule has 4 nitrogen and oxygen atoms in total. The van der Waals surface area contributed by atoms with Gasteiger partial charge in [-0.3, -0.25) is 4.28 Å². The van der Waals surface area contributed by atoms with Gasteiger partial charge in [-0.15, -0.1) is 0 Å². The molecule has 0 bridgehead atoms. The summed E-state index contributed by atoms with van der Waals surface area (Å²) in [4.78, 5) is 0.0197. The van der Waals surface area contributed by atoms with Crippen molar-refractivity contribution in [1.29, 1.82) is 0 Å². The van der Waals surface area contributed by atoms with E-state index in [9.17, 15) is 12.8 Å². The van der Waals surface area contributed by atoms with Gasteiger partial charge in [0, 0.05) is 5.39 Å². The summed E-state index contributed by atoms with van der Waals surface area (Å²) in [6.45, 7) is 1.85. The molecule has 0 atom stereocenters. The van der Waals surface area contributed by atoms with Gasteiger partial charge in [0.05, 0.1) is 11.7 Å². The zero-order valence-electron chi connectivity index (χ0n) is 11.2. The summed E-state index contributed by atoms with van der Waals surface area (Å²) in [6, 6.07) is 12.7. The van der Waals surface area contributed by atoms with Crippen LogP contribution in [0, 0.1) is 12.7 Å². The first kappa shape index (κ1) is 13.6. The molecule has 0 unspecified atom stereocenters. The zero-order valence-corrected chi connectivity index (χ0v) is 12.0. The van der Waals surface area contributed by atoms with E-state index in [0.717, 1.165) is 16.5 Å². The third-order valence-electron chi connectivity index (χ3n) is 3.12. The van der Waals surface area contributed by atoms with E-state index in [1.807, 2.05) is 6.92 Å². The number of aromatic nitrogens is 1. The van der Waals surface area contributed by atoms with E-state index >= 15 is 0 Å². The molecule has 0 fully saturated rings. The molecule has 3 rings (SSSR count). The van der Waals surface area contributed by atoms with Crippen LogP contribution in [0.15, 0.2) is 59.6 Å². The Kier molecular flexibility index (Phi) is 3.17. The molecule has 1 heterocycles. The molecule has 0 radical (unpaired) electrons. The largest absolute Gasteiger partial charge is 0.357 e. The van der Waals surface area contributed by atoms with E-state index < -0.39 is 15.9 Å². The van der Waals surface area contributed by atoms with E-state index in [0.29, 0.717) is 10.9 Å². The summed E-state index contributed by atoms with van der Waals surface area (Å²) >= 11 is 0. The predicted octanol–water partition coefficient (Wildman–Crippen LogP) is 2.91. The van der Waals surface area contributed by atoms with Crippen LogP contribution in [-0.2, 0) is 10.1 Å². The number of benzene rings is 2. The van der Waals surface area contributed by atoms with Crippen molar-refractivity contribution in [2.24, 2.45) is 0 Å². The Morgan fingerprint density at radius 2 is 1.71 bits per heavy atom. The van der Waals surface area contributed by atoms with Crippen LogP contribution >= 0.6 is 0 Å². The Morgan fingerprint density at radius 1 is 1.05 bits per heavy atom. The lowest BCUT2D eigenvalue weighted by Crippen LogP contribution is -2.19. The topological polar surface area (TPSA) is 48.3 Å². The Labute approximate surface area is 121 Å². The van der Waals surface area contributed by atoms with Crippen molar-refractivity contribution >= 4 is 21.0 Å². The number of nitrogens with zero attached hydrogens (tertiary/aromatic N) is 1. The molecule has 0 saturated heterocycles. The third kappa shape index (κ3) is 2.50. The molecule has 21 heavy (non-hydrogen) atoms. The van der Waals surface area contributed by atoms with E-state index in [1.54, 1.807) is 36.4 Å². The lowest BCUT2D eigenvalue weighted by Gasteiger charge is -2.08. The van der Waals surface area contributed by atoms with Gasteiger partial charge in [0.2, 0.25) is 0 Å². The van der Waals surface area contributed by atoms with Crippen molar-refractivity contribution in [2.75, 3.05) is 0 Å². The highest BCUT2D eigenvalue weighted by atomic mass is 32.2. The maximum absolute atomic E-state index is 13.7. The minimum atomic E-state index is -4.01. The fourth-order valence-electron chi connectivity index (χ4n) is 2.03. The van der Waals surface area contributed by atoms with Gasteiger partial charge in [-0.05, 0) is 31.2 Å². The number of fused-ring (bicyclic) bond motifs is 1. The fraction of sp³-hybridized carbons (Fsp3) is 0.0667. The molecular weight excluding hydrogens is 293 g/mol. The molecule has 0 N–H and O–H groups in total. The summed E-state index contributed by atoms with van der Waals surface area (Å²) < 4.78 is 44.1. The van der Waals surface area contributed by atoms with E-state index in [2.05, 4.69) is 0 Å². The average molecular weight is 305 g/mol. The van der Waals surface area contributed by atoms with Crippen LogP contribution in [0.2, 0.25) is 0 Å². The molecule has 3 aromatic rings. The summed E-state index contributed by atoms with van der Waals surface area (Å²) in [5, 5.41) is 0.302. The van der Waals surface area contributed by atoms with Gasteiger partial charge < -0.3 is 0 Å². The Bertz CT molecular complexity index is 898. The van der Waals surface area contributed by atoms with E-state index in [4.69, 9.17) is 4.28 Å². The highest BCUT2D eigenvalue weighted by molar-refractivity contribution is 7.87. The normalized spacial score (nSPS) is 11.7. The highest BCUT2D eigenvalue weighted by Gasteiger charge is 2.19. The fourth-order valence-corrected chi connectivity index (χ4v) is 2.92. The second-order valence-corrected chi connectivity index (χ2v) is 6.19. The molecule has 108 valence electrons. The first-order chi connectivity index (χ1) is 9.97. The Balaban J connectivity index is 2.03. The molecule has 0 aliphatic carbocycles. The van der Waals surface area contributed by atoms with Gasteiger partial charge in [0.15, 0.2) is 5.82 Å². The van der Waals surface area contributed by atoms with E-state index in [-0.39, 0.29) is 4.90 Å². The van der Waals surface area contributed by atoms with Crippen LogP contribution in [0.25, 0.3) is 10.9 Å². The standard InChI is InChI=1S/C15H12FNO3S/c1-11-6-8-12(9-7-11)21(18,19)20-17-10-14(16)13-4-2-3-5-15(13)17/h2-10H,1H3. The monoisotopic (exact) mass is 305 g/mol. The van der Waals surface area contributed by atoms with Crippen LogP contribution in [0.4, 0.5) is 4.39 Å². The van der Waals surface area contributed by atoms with Crippen LogP contribution < -0.4 is 4.28 Å². The summed E-state index contributed by atoms with van der Waals surface area (Å²) in [7, 11) is -4.01. The number of halogens is 1. The summed E-state index contributed by atoms with van der Waals surface area (Å²) in [5.41, 5.74) is 1.29. The smallest absolute Gasteiger partial charge is 0.284 e. The quantitative estimate of drug-likeness (QED) is 0.747. The minimum absolute atomic E-state index is 0.0197. The maximum atomic E-state index is 13.7. The number of aryl methyl sites for hydroxylation is 1. The molecule has 1 aromatic heterocycles. The average Bonchev–Trinajstić information content (AvgIpc) is 2.76. The first-order valence-corrected chi connectivity index (χ1v) is 7.65. The van der Waals surface area contributed by atoms with Crippen LogP contribution in [-0.4, -0.2) is 13.1 Å². The second kappa shape index (κ2) is 4.89. The maximum Gasteiger partial charge on any atom is 0.357 e. The van der Waals surface area contributed by atoms with Crippen molar-refractivity contribution in [3.63, 3.8) is 0 Å². The molecule has 0 spiro atoms. The van der Waals surface area contributed by atoms with E-state index in [1.165, 1.54) is 12.1 Å². The number of para-hydroxylation sites is 1. The van der Waals surface area contributed by atoms with Gasteiger partial charge in [-0.25, -0.2) is 4.39 Å². The van der Waals surface area contributed by atoms with Crippen molar-refractivity contribution in [2.45, 2.75) is 11.8 Å². The van der Waals surface area contributed by atoms with Gasteiger partial charge in [0.25, 0.3) is 0 Å². The number of hydrogen-bond acceptors (Lipinski definition) is 3. The van der Waals surface area contributed by atoms with Crippen molar-refractivity contribution in [3.05, 3.63) is 66.1 Å². The molecule has 0 aliphatic heterocycles. The lowest BCUT2D eigenvalue weighted by atomic mass is 10.2. The molecule has 0 saturated carbocycles. The summed E-state index contributed by atoms with van der Waals surface area (Å²) in [5.74, 6) is -0.537. The van der Waals surface area contributed by atoms with Gasteiger partial charge in [-0.2, -0.15) is 13.1 Å². The highest BCUT2D eigenvalue weighted by Crippen LogP contribution is 2.20. The van der Waals surface area contributed by atoms with Gasteiger partial charge in [-0.1, -0.05) is 29.8 Å². The molecule has 0 aliphatic rings. The number of rotatable bonds is 3. The minimum Gasteiger partial charge on any atom is -0.284 e. The predicted molar refractivity (Wildman–Crippen MR) is 76.8 cm³/mol.